The van der Waals surface area contributed by atoms with Crippen LogP contribution in [0.1, 0.15) is 36.7 Å². The molecule has 172 valence electrons. The molecule has 1 saturated heterocycles. The summed E-state index contributed by atoms with van der Waals surface area (Å²) in [5, 5.41) is 14.2. The molecule has 5 rings (SSSR count). The molecular weight excluding hydrogens is 420 g/mol. The zero-order chi connectivity index (χ0) is 23.3. The van der Waals surface area contributed by atoms with Gasteiger partial charge in [-0.3, -0.25) is 14.6 Å². The van der Waals surface area contributed by atoms with Crippen molar-refractivity contribution in [1.82, 2.24) is 20.1 Å². The highest BCUT2D eigenvalue weighted by molar-refractivity contribution is 6.08. The molecule has 0 radical (unpaired) electrons. The maximum Gasteiger partial charge on any atom is 0.328 e. The Kier molecular flexibility index (Phi) is 5.05. The van der Waals surface area contributed by atoms with Crippen LogP contribution in [0.25, 0.3) is 10.9 Å². The fourth-order valence-corrected chi connectivity index (χ4v) is 5.21. The number of carbonyl (C=O) groups is 2. The second kappa shape index (κ2) is 7.81. The number of fused-ring (bicyclic) bond motifs is 4. The van der Waals surface area contributed by atoms with E-state index >= 15 is 0 Å². The molecule has 2 aliphatic rings. The molecule has 8 nitrogen and oxygen atoms in total. The number of urea groups is 1. The number of phenolic OH excluding ortho intramolecular Hbond substituents is 1. The molecule has 0 bridgehead atoms. The summed E-state index contributed by atoms with van der Waals surface area (Å²) in [6, 6.07) is 11.9. The van der Waals surface area contributed by atoms with Gasteiger partial charge < -0.3 is 20.1 Å². The molecule has 0 aliphatic carbocycles. The Morgan fingerprint density at radius 3 is 2.79 bits per heavy atom. The number of nitrogens with one attached hydrogen (secondary N) is 2. The van der Waals surface area contributed by atoms with Crippen molar-refractivity contribution in [1.29, 1.82) is 0 Å². The number of likely N-dealkylation sites (N-methyl/N-ethyl adjacent to an activating group) is 1. The molecule has 8 heteroatoms. The van der Waals surface area contributed by atoms with Gasteiger partial charge in [-0.25, -0.2) is 4.79 Å². The third-order valence-electron chi connectivity index (χ3n) is 6.72. The molecule has 0 saturated carbocycles. The number of hydrogen-bond donors (Lipinski definition) is 3. The van der Waals surface area contributed by atoms with Gasteiger partial charge >= 0.3 is 6.03 Å². The predicted molar refractivity (Wildman–Crippen MR) is 124 cm³/mol. The Bertz CT molecular complexity index is 1250. The largest absolute Gasteiger partial charge is 0.508 e. The summed E-state index contributed by atoms with van der Waals surface area (Å²) in [7, 11) is 1.79. The molecule has 2 atom stereocenters. The third-order valence-corrected chi connectivity index (χ3v) is 6.72. The van der Waals surface area contributed by atoms with Crippen LogP contribution >= 0.6 is 0 Å². The van der Waals surface area contributed by atoms with Gasteiger partial charge in [-0.15, -0.1) is 0 Å². The van der Waals surface area contributed by atoms with Gasteiger partial charge in [0.1, 0.15) is 23.1 Å². The van der Waals surface area contributed by atoms with Crippen molar-refractivity contribution in [2.45, 2.75) is 31.8 Å². The molecule has 33 heavy (non-hydrogen) atoms. The number of amides is 3. The number of aromatic nitrogens is 1. The van der Waals surface area contributed by atoms with Gasteiger partial charge in [0.25, 0.3) is 5.91 Å². The predicted octanol–water partition coefficient (Wildman–Crippen LogP) is 3.16. The average molecular weight is 449 g/mol. The second-order valence-corrected chi connectivity index (χ2v) is 8.82. The van der Waals surface area contributed by atoms with Crippen molar-refractivity contribution in [3.63, 3.8) is 0 Å². The maximum absolute atomic E-state index is 13.6. The van der Waals surface area contributed by atoms with Gasteiger partial charge in [-0.2, -0.15) is 0 Å². The molecule has 1 aromatic heterocycles. The highest BCUT2D eigenvalue weighted by Crippen LogP contribution is 2.49. The first-order valence-corrected chi connectivity index (χ1v) is 11.2. The van der Waals surface area contributed by atoms with Crippen LogP contribution in [0.5, 0.6) is 11.5 Å². The van der Waals surface area contributed by atoms with Gasteiger partial charge in [0, 0.05) is 36.1 Å². The van der Waals surface area contributed by atoms with Crippen molar-refractivity contribution < 1.29 is 19.4 Å². The Labute approximate surface area is 192 Å². The van der Waals surface area contributed by atoms with Gasteiger partial charge in [0.15, 0.2) is 0 Å². The Balaban J connectivity index is 1.72. The van der Waals surface area contributed by atoms with Crippen molar-refractivity contribution in [2.75, 3.05) is 26.7 Å². The summed E-state index contributed by atoms with van der Waals surface area (Å²) in [6.45, 7) is 5.16. The zero-order valence-electron chi connectivity index (χ0n) is 19.0. The number of aromatic amines is 1. The van der Waals surface area contributed by atoms with E-state index in [1.54, 1.807) is 30.1 Å². The lowest BCUT2D eigenvalue weighted by Gasteiger charge is -2.42. The molecule has 0 unspecified atom stereocenters. The molecule has 2 aliphatic heterocycles. The number of hydrogen-bond acceptors (Lipinski definition) is 5. The SMILES string of the molecule is CCOc1ccc2[nH]c3c(c2c1)C[C@@]1(C)C(=O)N(CCNC)C(=O)N1[C@@H]3c1cccc(O)c1. The summed E-state index contributed by atoms with van der Waals surface area (Å²) in [6.07, 6.45) is 0.397. The topological polar surface area (TPSA) is 97.9 Å². The van der Waals surface area contributed by atoms with Crippen LogP contribution in [0.3, 0.4) is 0 Å². The van der Waals surface area contributed by atoms with Crippen LogP contribution in [-0.2, 0) is 11.2 Å². The summed E-state index contributed by atoms with van der Waals surface area (Å²) in [5.74, 6) is 0.674. The van der Waals surface area contributed by atoms with E-state index in [0.29, 0.717) is 26.1 Å². The van der Waals surface area contributed by atoms with E-state index in [-0.39, 0.29) is 17.7 Å². The molecule has 0 spiro atoms. The van der Waals surface area contributed by atoms with Crippen molar-refractivity contribution in [2.24, 2.45) is 0 Å². The highest BCUT2D eigenvalue weighted by atomic mass is 16.5. The lowest BCUT2D eigenvalue weighted by Crippen LogP contribution is -2.53. The molecule has 3 heterocycles. The summed E-state index contributed by atoms with van der Waals surface area (Å²) in [4.78, 5) is 33.7. The first kappa shape index (κ1) is 21.3. The number of nitrogens with zero attached hydrogens (tertiary/aromatic N) is 2. The van der Waals surface area contributed by atoms with Gasteiger partial charge in [0.05, 0.1) is 6.61 Å². The molecular formula is C25H28N4O4. The van der Waals surface area contributed by atoms with Crippen LogP contribution in [-0.4, -0.2) is 64.1 Å². The van der Waals surface area contributed by atoms with Crippen molar-refractivity contribution in [3.05, 3.63) is 59.3 Å². The first-order chi connectivity index (χ1) is 15.9. The van der Waals surface area contributed by atoms with E-state index in [4.69, 9.17) is 4.74 Å². The molecule has 2 aromatic carbocycles. The quantitative estimate of drug-likeness (QED) is 0.503. The minimum atomic E-state index is -1.04. The van der Waals surface area contributed by atoms with Gasteiger partial charge in [-0.05, 0) is 62.4 Å². The lowest BCUT2D eigenvalue weighted by molar-refractivity contribution is -0.133. The average Bonchev–Trinajstić information content (AvgIpc) is 3.23. The molecule has 3 aromatic rings. The minimum Gasteiger partial charge on any atom is -0.508 e. The number of aromatic hydroxyl groups is 1. The molecule has 1 fully saturated rings. The molecule has 3 N–H and O–H groups in total. The Morgan fingerprint density at radius 2 is 2.06 bits per heavy atom. The van der Waals surface area contributed by atoms with Gasteiger partial charge in [0.2, 0.25) is 0 Å². The van der Waals surface area contributed by atoms with Crippen LogP contribution in [0.2, 0.25) is 0 Å². The minimum absolute atomic E-state index is 0.112. The Hall–Kier alpha value is -3.52. The van der Waals surface area contributed by atoms with E-state index < -0.39 is 11.6 Å². The summed E-state index contributed by atoms with van der Waals surface area (Å²) < 4.78 is 5.72. The Morgan fingerprint density at radius 1 is 1.24 bits per heavy atom. The van der Waals surface area contributed by atoms with Crippen molar-refractivity contribution in [3.8, 4) is 11.5 Å². The standard InChI is InChI=1S/C25H28N4O4/c1-4-33-17-8-9-20-18(13-17)19-14-25(2)23(31)28(11-10-26-3)24(32)29(25)22(21(19)27-20)15-6-5-7-16(30)12-15/h5-9,12-13,22,26-27,30H,4,10-11,14H2,1-3H3/t22-,25+/m1/s1. The van der Waals surface area contributed by atoms with E-state index in [2.05, 4.69) is 10.3 Å². The summed E-state index contributed by atoms with van der Waals surface area (Å²) >= 11 is 0. The number of carbonyl (C=O) groups excluding carboxylic acids is 2. The second-order valence-electron chi connectivity index (χ2n) is 8.82. The third kappa shape index (κ3) is 3.16. The molecule has 3 amide bonds. The monoisotopic (exact) mass is 448 g/mol. The van der Waals surface area contributed by atoms with Crippen molar-refractivity contribution >= 4 is 22.8 Å². The van der Waals surface area contributed by atoms with Crippen LogP contribution in [0.15, 0.2) is 42.5 Å². The first-order valence-electron chi connectivity index (χ1n) is 11.2. The number of rotatable bonds is 6. The van der Waals surface area contributed by atoms with E-state index in [1.165, 1.54) is 4.90 Å². The fourth-order valence-electron chi connectivity index (χ4n) is 5.21. The number of imide groups is 1. The lowest BCUT2D eigenvalue weighted by atomic mass is 9.81. The zero-order valence-corrected chi connectivity index (χ0v) is 19.0. The van der Waals surface area contributed by atoms with Gasteiger partial charge in [-0.1, -0.05) is 12.1 Å². The maximum atomic E-state index is 13.6. The normalized spacial score (nSPS) is 22.1. The fraction of sp³-hybridized carbons (Fsp3) is 0.360. The number of benzene rings is 2. The van der Waals surface area contributed by atoms with Crippen LogP contribution < -0.4 is 10.1 Å². The van der Waals surface area contributed by atoms with Crippen LogP contribution in [0, 0.1) is 0 Å². The van der Waals surface area contributed by atoms with E-state index in [1.807, 2.05) is 38.1 Å². The van der Waals surface area contributed by atoms with Crippen LogP contribution in [0.4, 0.5) is 4.79 Å². The number of phenols is 1. The number of ether oxygens (including phenoxy) is 1. The smallest absolute Gasteiger partial charge is 0.328 e. The highest BCUT2D eigenvalue weighted by Gasteiger charge is 2.60. The number of H-pyrrole nitrogens is 1. The van der Waals surface area contributed by atoms with E-state index in [9.17, 15) is 14.7 Å². The van der Waals surface area contributed by atoms with E-state index in [0.717, 1.165) is 33.5 Å². The summed E-state index contributed by atoms with van der Waals surface area (Å²) in [5.41, 5.74) is 2.49.